The van der Waals surface area contributed by atoms with Crippen LogP contribution in [0.25, 0.3) is 11.0 Å². The van der Waals surface area contributed by atoms with Crippen molar-refractivity contribution in [3.05, 3.63) is 42.1 Å². The molecule has 3 aromatic heterocycles. The monoisotopic (exact) mass is 296 g/mol. The molecule has 0 bridgehead atoms. The number of aryl methyl sites for hydroxylation is 2. The van der Waals surface area contributed by atoms with Crippen molar-refractivity contribution >= 4 is 22.6 Å². The molecule has 0 radical (unpaired) electrons. The van der Waals surface area contributed by atoms with Gasteiger partial charge in [-0.3, -0.25) is 9.48 Å². The summed E-state index contributed by atoms with van der Waals surface area (Å²) in [5.74, 6) is 1.09. The van der Waals surface area contributed by atoms with E-state index in [0.29, 0.717) is 5.69 Å². The molecule has 0 aromatic carbocycles. The zero-order chi connectivity index (χ0) is 15.3. The molecule has 4 rings (SSSR count). The van der Waals surface area contributed by atoms with Gasteiger partial charge in [0.25, 0.3) is 0 Å². The number of amides is 1. The standard InChI is InChI=1S/C16H16N4O2/c1-9-11-6-10(8-17-15(11)20(2)19-9)18-16(21)13-7-12(13)14-4-3-5-22-14/h3-6,8,12-13H,7H2,1-2H3,(H,18,21)/t12-,13-/m0/s1. The quantitative estimate of drug-likeness (QED) is 0.806. The van der Waals surface area contributed by atoms with Crippen molar-refractivity contribution in [3.8, 4) is 0 Å². The molecule has 0 unspecified atom stereocenters. The van der Waals surface area contributed by atoms with Gasteiger partial charge in [0, 0.05) is 24.3 Å². The minimum atomic E-state index is -0.0168. The smallest absolute Gasteiger partial charge is 0.228 e. The maximum atomic E-state index is 12.3. The van der Waals surface area contributed by atoms with E-state index in [9.17, 15) is 4.79 Å². The molecule has 3 aromatic rings. The van der Waals surface area contributed by atoms with E-state index >= 15 is 0 Å². The molecule has 6 heteroatoms. The molecular formula is C16H16N4O2. The molecule has 1 aliphatic carbocycles. The predicted octanol–water partition coefficient (Wildman–Crippen LogP) is 2.61. The van der Waals surface area contributed by atoms with Gasteiger partial charge in [0.1, 0.15) is 5.76 Å². The number of carbonyl (C=O) groups excluding carboxylic acids is 1. The lowest BCUT2D eigenvalue weighted by Gasteiger charge is -2.04. The molecule has 1 aliphatic rings. The summed E-state index contributed by atoms with van der Waals surface area (Å²) in [5.41, 5.74) is 2.43. The number of nitrogens with zero attached hydrogens (tertiary/aromatic N) is 3. The second kappa shape index (κ2) is 4.69. The lowest BCUT2D eigenvalue weighted by atomic mass is 10.2. The van der Waals surface area contributed by atoms with Crippen LogP contribution >= 0.6 is 0 Å². The van der Waals surface area contributed by atoms with Crippen molar-refractivity contribution in [1.29, 1.82) is 0 Å². The summed E-state index contributed by atoms with van der Waals surface area (Å²) >= 11 is 0. The van der Waals surface area contributed by atoms with Crippen molar-refractivity contribution in [1.82, 2.24) is 14.8 Å². The maximum absolute atomic E-state index is 12.3. The van der Waals surface area contributed by atoms with E-state index < -0.39 is 0 Å². The van der Waals surface area contributed by atoms with Crippen molar-refractivity contribution in [3.63, 3.8) is 0 Å². The number of nitrogens with one attached hydrogen (secondary N) is 1. The Bertz CT molecular complexity index is 851. The summed E-state index contributed by atoms with van der Waals surface area (Å²) in [7, 11) is 1.86. The fraction of sp³-hybridized carbons (Fsp3) is 0.312. The van der Waals surface area contributed by atoms with Gasteiger partial charge in [-0.25, -0.2) is 4.98 Å². The molecule has 1 fully saturated rings. The SMILES string of the molecule is Cc1nn(C)c2ncc(NC(=O)[C@H]3C[C@@H]3c3ccco3)cc12. The Morgan fingerprint density at radius 3 is 3.14 bits per heavy atom. The summed E-state index contributed by atoms with van der Waals surface area (Å²) in [6, 6.07) is 5.70. The Morgan fingerprint density at radius 2 is 2.36 bits per heavy atom. The number of pyridine rings is 1. The number of aromatic nitrogens is 3. The van der Waals surface area contributed by atoms with E-state index in [1.807, 2.05) is 32.2 Å². The van der Waals surface area contributed by atoms with Gasteiger partial charge in [-0.15, -0.1) is 0 Å². The highest BCUT2D eigenvalue weighted by atomic mass is 16.3. The second-order valence-corrected chi connectivity index (χ2v) is 5.76. The Kier molecular flexibility index (Phi) is 2.79. The van der Waals surface area contributed by atoms with Crippen LogP contribution in [0.5, 0.6) is 0 Å². The van der Waals surface area contributed by atoms with Crippen LogP contribution in [-0.4, -0.2) is 20.7 Å². The van der Waals surface area contributed by atoms with Gasteiger partial charge in [0.2, 0.25) is 5.91 Å². The fourth-order valence-electron chi connectivity index (χ4n) is 2.91. The van der Waals surface area contributed by atoms with E-state index in [1.165, 1.54) is 0 Å². The van der Waals surface area contributed by atoms with Gasteiger partial charge in [0.05, 0.1) is 23.8 Å². The summed E-state index contributed by atoms with van der Waals surface area (Å²) in [5, 5.41) is 8.23. The van der Waals surface area contributed by atoms with Crippen LogP contribution in [-0.2, 0) is 11.8 Å². The van der Waals surface area contributed by atoms with Crippen molar-refractivity contribution < 1.29 is 9.21 Å². The van der Waals surface area contributed by atoms with Crippen LogP contribution < -0.4 is 5.32 Å². The molecule has 0 saturated heterocycles. The first-order valence-electron chi connectivity index (χ1n) is 7.27. The predicted molar refractivity (Wildman–Crippen MR) is 81.4 cm³/mol. The van der Waals surface area contributed by atoms with Crippen LogP contribution in [0.4, 0.5) is 5.69 Å². The average molecular weight is 296 g/mol. The van der Waals surface area contributed by atoms with Gasteiger partial charge in [-0.1, -0.05) is 0 Å². The summed E-state index contributed by atoms with van der Waals surface area (Å²) in [4.78, 5) is 16.7. The number of anilines is 1. The summed E-state index contributed by atoms with van der Waals surface area (Å²) < 4.78 is 7.10. The van der Waals surface area contributed by atoms with Crippen LogP contribution in [0.3, 0.4) is 0 Å². The molecule has 3 heterocycles. The lowest BCUT2D eigenvalue weighted by Crippen LogP contribution is -2.14. The zero-order valence-electron chi connectivity index (χ0n) is 12.4. The Balaban J connectivity index is 1.52. The van der Waals surface area contributed by atoms with Gasteiger partial charge < -0.3 is 9.73 Å². The van der Waals surface area contributed by atoms with Crippen LogP contribution in [0.15, 0.2) is 35.1 Å². The van der Waals surface area contributed by atoms with E-state index in [4.69, 9.17) is 4.42 Å². The van der Waals surface area contributed by atoms with Crippen LogP contribution in [0.1, 0.15) is 23.8 Å². The molecule has 2 atom stereocenters. The third kappa shape index (κ3) is 2.07. The Hall–Kier alpha value is -2.63. The number of furan rings is 1. The highest BCUT2D eigenvalue weighted by Gasteiger charge is 2.45. The number of carbonyl (C=O) groups is 1. The highest BCUT2D eigenvalue weighted by Crippen LogP contribution is 2.48. The zero-order valence-corrected chi connectivity index (χ0v) is 12.4. The number of fused-ring (bicyclic) bond motifs is 1. The summed E-state index contributed by atoms with van der Waals surface area (Å²) in [6.07, 6.45) is 4.15. The molecule has 1 amide bonds. The molecule has 1 N–H and O–H groups in total. The van der Waals surface area contributed by atoms with Gasteiger partial charge >= 0.3 is 0 Å². The van der Waals surface area contributed by atoms with Gasteiger partial charge in [0.15, 0.2) is 5.65 Å². The topological polar surface area (TPSA) is 73.0 Å². The molecular weight excluding hydrogens is 280 g/mol. The second-order valence-electron chi connectivity index (χ2n) is 5.76. The van der Waals surface area contributed by atoms with Crippen molar-refractivity contribution in [2.45, 2.75) is 19.3 Å². The van der Waals surface area contributed by atoms with Crippen molar-refractivity contribution in [2.24, 2.45) is 13.0 Å². The van der Waals surface area contributed by atoms with Gasteiger partial charge in [-0.2, -0.15) is 5.10 Å². The number of hydrogen-bond acceptors (Lipinski definition) is 4. The first kappa shape index (κ1) is 13.1. The van der Waals surface area contributed by atoms with Gasteiger partial charge in [-0.05, 0) is 31.5 Å². The molecule has 0 spiro atoms. The van der Waals surface area contributed by atoms with E-state index in [0.717, 1.165) is 28.9 Å². The molecule has 22 heavy (non-hydrogen) atoms. The van der Waals surface area contributed by atoms with Crippen molar-refractivity contribution in [2.75, 3.05) is 5.32 Å². The first-order valence-corrected chi connectivity index (χ1v) is 7.27. The van der Waals surface area contributed by atoms with Crippen LogP contribution in [0, 0.1) is 12.8 Å². The van der Waals surface area contributed by atoms with E-state index in [2.05, 4.69) is 15.4 Å². The Labute approximate surface area is 127 Å². The molecule has 112 valence electrons. The molecule has 6 nitrogen and oxygen atoms in total. The third-order valence-corrected chi connectivity index (χ3v) is 4.17. The molecule has 1 saturated carbocycles. The molecule has 0 aliphatic heterocycles. The number of rotatable bonds is 3. The normalized spacial score (nSPS) is 20.3. The fourth-order valence-corrected chi connectivity index (χ4v) is 2.91. The lowest BCUT2D eigenvalue weighted by molar-refractivity contribution is -0.117. The average Bonchev–Trinajstić information content (AvgIpc) is 3.01. The largest absolute Gasteiger partial charge is 0.469 e. The highest BCUT2D eigenvalue weighted by molar-refractivity contribution is 5.96. The van der Waals surface area contributed by atoms with E-state index in [1.54, 1.807) is 17.1 Å². The Morgan fingerprint density at radius 1 is 1.50 bits per heavy atom. The maximum Gasteiger partial charge on any atom is 0.228 e. The summed E-state index contributed by atoms with van der Waals surface area (Å²) in [6.45, 7) is 1.93. The minimum absolute atomic E-state index is 0.0168. The van der Waals surface area contributed by atoms with Crippen LogP contribution in [0.2, 0.25) is 0 Å². The van der Waals surface area contributed by atoms with E-state index in [-0.39, 0.29) is 17.7 Å². The first-order chi connectivity index (χ1) is 10.6. The third-order valence-electron chi connectivity index (χ3n) is 4.17. The number of hydrogen-bond donors (Lipinski definition) is 1. The minimum Gasteiger partial charge on any atom is -0.469 e.